The van der Waals surface area contributed by atoms with Crippen molar-refractivity contribution in [3.8, 4) is 5.69 Å². The summed E-state index contributed by atoms with van der Waals surface area (Å²) in [7, 11) is 0. The lowest BCUT2D eigenvalue weighted by molar-refractivity contribution is -0.139. The molecule has 2 aromatic heterocycles. The molecule has 0 atom stereocenters. The number of nitrogens with zero attached hydrogens (tertiary/aromatic N) is 4. The van der Waals surface area contributed by atoms with E-state index in [-0.39, 0.29) is 18.1 Å². The van der Waals surface area contributed by atoms with Gasteiger partial charge >= 0.3 is 11.9 Å². The molecule has 0 spiro atoms. The molecule has 0 saturated heterocycles. The number of aromatic amines is 1. The van der Waals surface area contributed by atoms with Crippen molar-refractivity contribution in [2.24, 2.45) is 0 Å². The van der Waals surface area contributed by atoms with Crippen LogP contribution in [-0.2, 0) is 14.3 Å². The lowest BCUT2D eigenvalue weighted by Crippen LogP contribution is -2.17. The molecule has 0 unspecified atom stereocenters. The molecule has 3 rings (SSSR count). The number of hydrogen-bond donors (Lipinski definition) is 1. The number of hydrogen-bond acceptors (Lipinski definition) is 9. The number of Topliss-reactive ketones (excluding diaryl/α,β-unsaturated/α-hetero) is 1. The number of thioether (sulfide) groups is 1. The molecule has 2 heterocycles. The minimum atomic E-state index is -0.588. The Bertz CT molecular complexity index is 1200. The van der Waals surface area contributed by atoms with Gasteiger partial charge in [0, 0.05) is 5.69 Å². The maximum atomic E-state index is 12.6. The van der Waals surface area contributed by atoms with Crippen LogP contribution >= 0.6 is 11.8 Å². The molecule has 174 valence electrons. The summed E-state index contributed by atoms with van der Waals surface area (Å²) >= 11 is 1.11. The van der Waals surface area contributed by atoms with E-state index in [1.807, 2.05) is 32.0 Å². The van der Waals surface area contributed by atoms with E-state index in [2.05, 4.69) is 20.5 Å². The number of benzene rings is 1. The molecule has 33 heavy (non-hydrogen) atoms. The smallest absolute Gasteiger partial charge is 0.340 e. The van der Waals surface area contributed by atoms with E-state index >= 15 is 0 Å². The molecule has 0 fully saturated rings. The number of carbonyl (C=O) groups excluding carboxylic acids is 3. The Balaban J connectivity index is 1.60. The second-order valence-corrected chi connectivity index (χ2v) is 8.32. The van der Waals surface area contributed by atoms with E-state index in [1.165, 1.54) is 0 Å². The number of ketones is 1. The van der Waals surface area contributed by atoms with Crippen molar-refractivity contribution in [2.45, 2.75) is 39.8 Å². The molecule has 0 radical (unpaired) electrons. The molecule has 11 heteroatoms. The third-order valence-electron chi connectivity index (χ3n) is 4.91. The zero-order valence-electron chi connectivity index (χ0n) is 19.1. The van der Waals surface area contributed by atoms with Gasteiger partial charge in [-0.25, -0.2) is 4.79 Å². The Hall–Kier alpha value is -3.47. The minimum Gasteiger partial charge on any atom is -0.462 e. The number of aromatic nitrogens is 5. The summed E-state index contributed by atoms with van der Waals surface area (Å²) in [5.74, 6) is -1.60. The fourth-order valence-corrected chi connectivity index (χ4v) is 3.97. The molecular formula is C22H25N5O5S. The predicted octanol–water partition coefficient (Wildman–Crippen LogP) is 2.92. The van der Waals surface area contributed by atoms with Crippen molar-refractivity contribution in [1.29, 1.82) is 0 Å². The summed E-state index contributed by atoms with van der Waals surface area (Å²) in [5.41, 5.74) is 4.39. The summed E-state index contributed by atoms with van der Waals surface area (Å²) < 4.78 is 11.7. The second kappa shape index (κ2) is 10.4. The molecule has 1 N–H and O–H groups in total. The third-order valence-corrected chi connectivity index (χ3v) is 5.81. The Kier molecular flexibility index (Phi) is 7.64. The Morgan fingerprint density at radius 3 is 2.61 bits per heavy atom. The number of tetrazole rings is 1. The molecule has 0 aliphatic heterocycles. The first-order valence-electron chi connectivity index (χ1n) is 10.3. The normalized spacial score (nSPS) is 10.8. The van der Waals surface area contributed by atoms with Crippen LogP contribution in [0.2, 0.25) is 0 Å². The van der Waals surface area contributed by atoms with Crippen molar-refractivity contribution in [3.05, 3.63) is 51.8 Å². The fraction of sp³-hybridized carbons (Fsp3) is 0.364. The number of nitrogens with one attached hydrogen (secondary N) is 1. The summed E-state index contributed by atoms with van der Waals surface area (Å²) in [4.78, 5) is 39.8. The van der Waals surface area contributed by atoms with Crippen LogP contribution in [0.15, 0.2) is 23.4 Å². The average Bonchev–Trinajstić information content (AvgIpc) is 3.36. The third kappa shape index (κ3) is 5.48. The Morgan fingerprint density at radius 1 is 1.12 bits per heavy atom. The lowest BCUT2D eigenvalue weighted by atomic mass is 10.1. The predicted molar refractivity (Wildman–Crippen MR) is 121 cm³/mol. The van der Waals surface area contributed by atoms with Crippen molar-refractivity contribution >= 4 is 29.5 Å². The highest BCUT2D eigenvalue weighted by atomic mass is 32.2. The van der Waals surface area contributed by atoms with Crippen molar-refractivity contribution in [1.82, 2.24) is 25.2 Å². The summed E-state index contributed by atoms with van der Waals surface area (Å²) in [6.07, 6.45) is 0. The highest BCUT2D eigenvalue weighted by Gasteiger charge is 2.23. The SMILES string of the molecule is CCOC(=O)c1c(C)[nH]c(C(=O)COC(=O)CSc2nnnn2-c2cc(C)ccc2C)c1C. The zero-order valence-corrected chi connectivity index (χ0v) is 19.9. The van der Waals surface area contributed by atoms with E-state index in [0.717, 1.165) is 28.6 Å². The molecule has 0 aliphatic carbocycles. The van der Waals surface area contributed by atoms with E-state index in [9.17, 15) is 14.4 Å². The van der Waals surface area contributed by atoms with E-state index in [1.54, 1.807) is 25.5 Å². The minimum absolute atomic E-state index is 0.0741. The van der Waals surface area contributed by atoms with Crippen LogP contribution in [0.25, 0.3) is 5.69 Å². The van der Waals surface area contributed by atoms with Crippen LogP contribution in [0, 0.1) is 27.7 Å². The van der Waals surface area contributed by atoms with Gasteiger partial charge in [0.05, 0.1) is 29.3 Å². The van der Waals surface area contributed by atoms with Gasteiger partial charge in [0.15, 0.2) is 6.61 Å². The molecule has 3 aromatic rings. The number of esters is 2. The van der Waals surface area contributed by atoms with Gasteiger partial charge in [-0.2, -0.15) is 4.68 Å². The van der Waals surface area contributed by atoms with E-state index in [4.69, 9.17) is 9.47 Å². The maximum Gasteiger partial charge on any atom is 0.340 e. The summed E-state index contributed by atoms with van der Waals surface area (Å²) in [5, 5.41) is 12.1. The number of aryl methyl sites for hydroxylation is 3. The lowest BCUT2D eigenvalue weighted by Gasteiger charge is -2.08. The second-order valence-electron chi connectivity index (χ2n) is 7.38. The topological polar surface area (TPSA) is 129 Å². The molecule has 0 bridgehead atoms. The molecule has 0 amide bonds. The molecule has 0 aliphatic rings. The van der Waals surface area contributed by atoms with Gasteiger partial charge in [-0.15, -0.1) is 5.10 Å². The summed E-state index contributed by atoms with van der Waals surface area (Å²) in [6, 6.07) is 5.92. The Morgan fingerprint density at radius 2 is 1.88 bits per heavy atom. The van der Waals surface area contributed by atoms with Crippen LogP contribution in [0.3, 0.4) is 0 Å². The number of ether oxygens (including phenoxy) is 2. The van der Waals surface area contributed by atoms with Gasteiger partial charge < -0.3 is 14.5 Å². The van der Waals surface area contributed by atoms with Crippen molar-refractivity contribution in [2.75, 3.05) is 19.0 Å². The molecule has 0 saturated carbocycles. The quantitative estimate of drug-likeness (QED) is 0.284. The first-order valence-corrected chi connectivity index (χ1v) is 11.2. The number of rotatable bonds is 9. The highest BCUT2D eigenvalue weighted by Crippen LogP contribution is 2.22. The standard InChI is InChI=1S/C22H25N5O5S/c1-6-31-21(30)19-14(4)20(23-15(19)5)17(28)10-32-18(29)11-33-22-24-25-26-27(22)16-9-12(2)7-8-13(16)3/h7-9,23H,6,10-11H2,1-5H3. The van der Waals surface area contributed by atoms with Crippen LogP contribution in [0.4, 0.5) is 0 Å². The molecule has 10 nitrogen and oxygen atoms in total. The highest BCUT2D eigenvalue weighted by molar-refractivity contribution is 7.99. The van der Waals surface area contributed by atoms with Crippen molar-refractivity contribution in [3.63, 3.8) is 0 Å². The van der Waals surface area contributed by atoms with Crippen LogP contribution in [-0.4, -0.2) is 61.9 Å². The Labute approximate surface area is 195 Å². The first-order chi connectivity index (χ1) is 15.7. The van der Waals surface area contributed by atoms with Gasteiger partial charge in [0.1, 0.15) is 0 Å². The molecule has 1 aromatic carbocycles. The zero-order chi connectivity index (χ0) is 24.1. The van der Waals surface area contributed by atoms with Gasteiger partial charge in [-0.05, 0) is 67.8 Å². The largest absolute Gasteiger partial charge is 0.462 e. The van der Waals surface area contributed by atoms with Gasteiger partial charge in [0.2, 0.25) is 10.9 Å². The van der Waals surface area contributed by atoms with Crippen LogP contribution < -0.4 is 0 Å². The van der Waals surface area contributed by atoms with Gasteiger partial charge in [0.25, 0.3) is 0 Å². The number of H-pyrrole nitrogens is 1. The van der Waals surface area contributed by atoms with Gasteiger partial charge in [-0.3, -0.25) is 9.59 Å². The van der Waals surface area contributed by atoms with Crippen molar-refractivity contribution < 1.29 is 23.9 Å². The van der Waals surface area contributed by atoms with Gasteiger partial charge in [-0.1, -0.05) is 23.9 Å². The van der Waals surface area contributed by atoms with E-state index in [0.29, 0.717) is 22.0 Å². The van der Waals surface area contributed by atoms with Crippen LogP contribution in [0.1, 0.15) is 50.2 Å². The fourth-order valence-electron chi connectivity index (χ4n) is 3.29. The van der Waals surface area contributed by atoms with Crippen LogP contribution in [0.5, 0.6) is 0 Å². The molecular weight excluding hydrogens is 446 g/mol. The number of carbonyl (C=O) groups is 3. The first kappa shape index (κ1) is 24.2. The van der Waals surface area contributed by atoms with E-state index < -0.39 is 24.3 Å². The maximum absolute atomic E-state index is 12.6. The average molecular weight is 472 g/mol. The summed E-state index contributed by atoms with van der Waals surface area (Å²) in [6.45, 7) is 8.73. The monoisotopic (exact) mass is 471 g/mol.